The van der Waals surface area contributed by atoms with Crippen molar-refractivity contribution in [1.82, 2.24) is 20.3 Å². The molecule has 3 aliphatic rings. The van der Waals surface area contributed by atoms with Crippen LogP contribution in [0.5, 0.6) is 0 Å². The molecule has 2 aromatic rings. The highest BCUT2D eigenvalue weighted by Gasteiger charge is 2.69. The van der Waals surface area contributed by atoms with Crippen LogP contribution in [0, 0.1) is 5.92 Å². The molecule has 1 aromatic carbocycles. The fourth-order valence-electron chi connectivity index (χ4n) is 4.99. The molecule has 214 valence electrons. The van der Waals surface area contributed by atoms with Gasteiger partial charge in [-0.3, -0.25) is 10.3 Å². The van der Waals surface area contributed by atoms with Crippen molar-refractivity contribution in [2.75, 3.05) is 11.6 Å². The summed E-state index contributed by atoms with van der Waals surface area (Å²) < 4.78 is 70.0. The molecule has 0 amide bonds. The smallest absolute Gasteiger partial charge is 0.372 e. The highest BCUT2D eigenvalue weighted by Crippen LogP contribution is 2.62. The lowest BCUT2D eigenvalue weighted by Gasteiger charge is -2.44. The summed E-state index contributed by atoms with van der Waals surface area (Å²) in [5, 5.41) is 13.5. The predicted molar refractivity (Wildman–Crippen MR) is 138 cm³/mol. The summed E-state index contributed by atoms with van der Waals surface area (Å²) in [4.78, 5) is 14.6. The van der Waals surface area contributed by atoms with E-state index in [1.54, 1.807) is 28.4 Å². The Labute approximate surface area is 225 Å². The molecule has 2 aliphatic carbocycles. The minimum atomic E-state index is -4.77. The molecule has 1 aliphatic heterocycles. The van der Waals surface area contributed by atoms with Crippen LogP contribution >= 0.6 is 0 Å². The molecule has 2 N–H and O–H groups in total. The summed E-state index contributed by atoms with van der Waals surface area (Å²) in [5.41, 5.74) is -1.96. The van der Waals surface area contributed by atoms with Crippen LogP contribution in [0.2, 0.25) is 0 Å². The van der Waals surface area contributed by atoms with Gasteiger partial charge in [-0.2, -0.15) is 13.2 Å². The van der Waals surface area contributed by atoms with Crippen LogP contribution in [0.4, 0.5) is 27.9 Å². The van der Waals surface area contributed by atoms with E-state index in [9.17, 15) is 27.1 Å². The standard InChI is InChI=1S/C25H29F5N6O.C2H6/c1-15(20-33-14-34-36(20)21-31-7-4-8-32-21)35(12-16-5-6-16)23(3,37)18-9-17(22(2)13-24(22,26)27)10-19(11-18)25(28,29)30;1-2/h4,7-11,14-16,20,37H,5-6,12-13H2,1-3H3,(H,33,34);1-2H3. The van der Waals surface area contributed by atoms with Gasteiger partial charge in [0.25, 0.3) is 5.92 Å². The number of hydrazine groups is 1. The van der Waals surface area contributed by atoms with Gasteiger partial charge in [0, 0.05) is 25.4 Å². The number of anilines is 1. The first kappa shape index (κ1) is 29.1. The van der Waals surface area contributed by atoms with Gasteiger partial charge >= 0.3 is 6.18 Å². The normalized spacial score (nSPS) is 25.9. The van der Waals surface area contributed by atoms with Gasteiger partial charge in [0.05, 0.1) is 17.0 Å². The lowest BCUT2D eigenvalue weighted by atomic mass is 9.89. The van der Waals surface area contributed by atoms with Crippen molar-refractivity contribution >= 4 is 12.3 Å². The molecule has 4 unspecified atom stereocenters. The number of hydrogen-bond acceptors (Lipinski definition) is 7. The van der Waals surface area contributed by atoms with Gasteiger partial charge in [0.15, 0.2) is 6.17 Å². The Kier molecular flexibility index (Phi) is 7.67. The summed E-state index contributed by atoms with van der Waals surface area (Å²) in [5.74, 6) is -2.51. The molecule has 12 heteroatoms. The Morgan fingerprint density at radius 3 is 2.26 bits per heavy atom. The van der Waals surface area contributed by atoms with Crippen LogP contribution in [-0.2, 0) is 17.3 Å². The van der Waals surface area contributed by atoms with Crippen molar-refractivity contribution in [3.63, 3.8) is 0 Å². The second-order valence-electron chi connectivity index (χ2n) is 10.6. The lowest BCUT2D eigenvalue weighted by molar-refractivity contribution is -0.139. The third kappa shape index (κ3) is 5.58. The first-order valence-corrected chi connectivity index (χ1v) is 13.2. The van der Waals surface area contributed by atoms with E-state index in [2.05, 4.69) is 20.4 Å². The topological polar surface area (TPSA) is 76.9 Å². The van der Waals surface area contributed by atoms with Crippen molar-refractivity contribution in [2.45, 2.75) is 89.3 Å². The fraction of sp³-hybridized carbons (Fsp3) is 0.593. The number of aliphatic hydroxyl groups is 1. The second-order valence-corrected chi connectivity index (χ2v) is 10.6. The van der Waals surface area contributed by atoms with Crippen LogP contribution in [0.3, 0.4) is 0 Å². The molecule has 2 heterocycles. The van der Waals surface area contributed by atoms with E-state index in [-0.39, 0.29) is 17.0 Å². The average Bonchev–Trinajstić information content (AvgIpc) is 3.74. The van der Waals surface area contributed by atoms with Crippen molar-refractivity contribution in [3.8, 4) is 0 Å². The molecule has 0 spiro atoms. The Balaban J connectivity index is 0.00000172. The number of aliphatic imine (C=N–C) groups is 1. The SMILES string of the molecule is CC.CC(C1N=CNN1c1ncccn1)N(CC1CC1)C(C)(O)c1cc(C(F)(F)F)cc(C2(C)CC2(F)F)c1. The fourth-order valence-corrected chi connectivity index (χ4v) is 4.99. The van der Waals surface area contributed by atoms with Gasteiger partial charge < -0.3 is 5.11 Å². The molecular weight excluding hydrogens is 519 g/mol. The number of halogens is 5. The Morgan fingerprint density at radius 1 is 1.13 bits per heavy atom. The maximum absolute atomic E-state index is 14.2. The van der Waals surface area contributed by atoms with Crippen LogP contribution in [-0.4, -0.2) is 51.0 Å². The third-order valence-electron chi connectivity index (χ3n) is 7.79. The minimum Gasteiger partial charge on any atom is -0.372 e. The van der Waals surface area contributed by atoms with E-state index in [1.165, 1.54) is 26.3 Å². The minimum absolute atomic E-state index is 0.0915. The molecular formula is C27H35F5N6O. The molecule has 7 nitrogen and oxygen atoms in total. The molecule has 5 rings (SSSR count). The second kappa shape index (κ2) is 10.3. The zero-order valence-electron chi connectivity index (χ0n) is 22.7. The van der Waals surface area contributed by atoms with Crippen LogP contribution in [0.25, 0.3) is 0 Å². The molecule has 2 saturated carbocycles. The zero-order valence-corrected chi connectivity index (χ0v) is 22.7. The number of hydrogen-bond donors (Lipinski definition) is 2. The zero-order chi connectivity index (χ0) is 28.8. The Hall–Kier alpha value is -2.86. The largest absolute Gasteiger partial charge is 0.416 e. The maximum atomic E-state index is 14.2. The van der Waals surface area contributed by atoms with Crippen molar-refractivity contribution in [2.24, 2.45) is 10.9 Å². The monoisotopic (exact) mass is 554 g/mol. The van der Waals surface area contributed by atoms with Gasteiger partial charge in [-0.1, -0.05) is 19.9 Å². The number of rotatable bonds is 8. The van der Waals surface area contributed by atoms with E-state index < -0.39 is 47.4 Å². The summed E-state index contributed by atoms with van der Waals surface area (Å²) in [6.07, 6.45) is 0.545. The third-order valence-corrected chi connectivity index (χ3v) is 7.79. The lowest BCUT2D eigenvalue weighted by Crippen LogP contribution is -2.58. The van der Waals surface area contributed by atoms with E-state index in [0.29, 0.717) is 12.5 Å². The first-order valence-electron chi connectivity index (χ1n) is 13.2. The molecule has 39 heavy (non-hydrogen) atoms. The van der Waals surface area contributed by atoms with Crippen LogP contribution < -0.4 is 10.4 Å². The highest BCUT2D eigenvalue weighted by molar-refractivity contribution is 5.62. The molecule has 0 bridgehead atoms. The summed E-state index contributed by atoms with van der Waals surface area (Å²) in [6, 6.07) is 4.06. The van der Waals surface area contributed by atoms with E-state index in [1.807, 2.05) is 20.8 Å². The van der Waals surface area contributed by atoms with E-state index in [4.69, 9.17) is 0 Å². The molecule has 0 saturated heterocycles. The van der Waals surface area contributed by atoms with Crippen molar-refractivity contribution in [1.29, 1.82) is 0 Å². The predicted octanol–water partition coefficient (Wildman–Crippen LogP) is 5.46. The molecule has 4 atom stereocenters. The number of alkyl halides is 5. The summed E-state index contributed by atoms with van der Waals surface area (Å²) in [6.45, 7) is 8.87. The Bertz CT molecular complexity index is 1190. The molecule has 0 radical (unpaired) electrons. The molecule has 1 aromatic heterocycles. The van der Waals surface area contributed by atoms with Crippen molar-refractivity contribution in [3.05, 3.63) is 53.3 Å². The van der Waals surface area contributed by atoms with E-state index in [0.717, 1.165) is 25.0 Å². The summed E-state index contributed by atoms with van der Waals surface area (Å²) in [7, 11) is 0. The van der Waals surface area contributed by atoms with Crippen molar-refractivity contribution < 1.29 is 27.1 Å². The van der Waals surface area contributed by atoms with Gasteiger partial charge in [0.1, 0.15) is 12.1 Å². The summed E-state index contributed by atoms with van der Waals surface area (Å²) >= 11 is 0. The van der Waals surface area contributed by atoms with Crippen LogP contribution in [0.15, 0.2) is 41.7 Å². The highest BCUT2D eigenvalue weighted by atomic mass is 19.4. The quantitative estimate of drug-likeness (QED) is 0.333. The average molecular weight is 555 g/mol. The number of nitrogens with one attached hydrogen (secondary N) is 1. The van der Waals surface area contributed by atoms with Gasteiger partial charge in [0.2, 0.25) is 5.95 Å². The number of nitrogens with zero attached hydrogens (tertiary/aromatic N) is 5. The first-order chi connectivity index (χ1) is 18.2. The maximum Gasteiger partial charge on any atom is 0.416 e. The number of aromatic nitrogens is 2. The van der Waals surface area contributed by atoms with E-state index >= 15 is 0 Å². The van der Waals surface area contributed by atoms with Crippen LogP contribution in [0.1, 0.15) is 70.6 Å². The molecule has 2 fully saturated rings. The van der Waals surface area contributed by atoms with Gasteiger partial charge in [-0.15, -0.1) is 0 Å². The van der Waals surface area contributed by atoms with Gasteiger partial charge in [-0.25, -0.2) is 28.8 Å². The number of benzene rings is 1. The van der Waals surface area contributed by atoms with Gasteiger partial charge in [-0.05, 0) is 68.9 Å². The Morgan fingerprint density at radius 2 is 1.72 bits per heavy atom.